The number of carbonyl (C=O) groups is 1. The predicted octanol–water partition coefficient (Wildman–Crippen LogP) is 3.18. The quantitative estimate of drug-likeness (QED) is 0.686. The maximum absolute atomic E-state index is 12.6. The van der Waals surface area contributed by atoms with Crippen molar-refractivity contribution in [2.24, 2.45) is 4.99 Å². The summed E-state index contributed by atoms with van der Waals surface area (Å²) < 4.78 is 17.5. The summed E-state index contributed by atoms with van der Waals surface area (Å²) in [5.74, 6) is -0.325. The second-order valence-corrected chi connectivity index (χ2v) is 4.29. The highest BCUT2D eigenvalue weighted by atomic mass is 19.1. The van der Waals surface area contributed by atoms with E-state index >= 15 is 0 Å². The molecule has 3 nitrogen and oxygen atoms in total. The van der Waals surface area contributed by atoms with Crippen LogP contribution < -0.4 is 0 Å². The van der Waals surface area contributed by atoms with Crippen molar-refractivity contribution in [1.29, 1.82) is 0 Å². The van der Waals surface area contributed by atoms with Crippen LogP contribution in [0.15, 0.2) is 29.3 Å². The van der Waals surface area contributed by atoms with Crippen LogP contribution in [0.1, 0.15) is 26.3 Å². The van der Waals surface area contributed by atoms with Crippen molar-refractivity contribution < 1.29 is 13.9 Å². The van der Waals surface area contributed by atoms with Gasteiger partial charge in [0.25, 0.3) is 0 Å². The lowest BCUT2D eigenvalue weighted by molar-refractivity contribution is 0.0605. The van der Waals surface area contributed by atoms with Crippen LogP contribution >= 0.6 is 0 Å². The van der Waals surface area contributed by atoms with Crippen LogP contribution in [0.4, 0.5) is 9.18 Å². The summed E-state index contributed by atoms with van der Waals surface area (Å²) in [6, 6.07) is 5.67. The number of aliphatic imine (C=N–C) groups is 1. The Morgan fingerprint density at radius 1 is 1.31 bits per heavy atom. The molecule has 4 heteroatoms. The first-order chi connectivity index (χ1) is 7.37. The maximum atomic E-state index is 12.6. The fraction of sp³-hybridized carbons (Fsp3) is 0.333. The van der Waals surface area contributed by atoms with Gasteiger partial charge in [-0.05, 0) is 38.5 Å². The minimum atomic E-state index is -0.656. The number of rotatable bonds is 1. The third-order valence-electron chi connectivity index (χ3n) is 1.58. The van der Waals surface area contributed by atoms with Crippen LogP contribution in [0, 0.1) is 5.82 Å². The summed E-state index contributed by atoms with van der Waals surface area (Å²) in [5.41, 5.74) is 0.0873. The van der Waals surface area contributed by atoms with Crippen molar-refractivity contribution in [3.63, 3.8) is 0 Å². The van der Waals surface area contributed by atoms with Gasteiger partial charge in [0, 0.05) is 6.21 Å². The first-order valence-electron chi connectivity index (χ1n) is 4.89. The SMILES string of the molecule is CC(C)(C)OC(=O)/N=C/c1ccc(F)cc1. The van der Waals surface area contributed by atoms with Gasteiger partial charge >= 0.3 is 6.09 Å². The van der Waals surface area contributed by atoms with E-state index in [-0.39, 0.29) is 5.82 Å². The number of ether oxygens (including phenoxy) is 1. The zero-order valence-corrected chi connectivity index (χ0v) is 9.53. The second kappa shape index (κ2) is 4.88. The number of carbonyl (C=O) groups excluding carboxylic acids is 1. The fourth-order valence-electron chi connectivity index (χ4n) is 0.964. The van der Waals surface area contributed by atoms with Crippen molar-refractivity contribution in [3.05, 3.63) is 35.6 Å². The topological polar surface area (TPSA) is 38.7 Å². The molecule has 0 aliphatic carbocycles. The van der Waals surface area contributed by atoms with E-state index < -0.39 is 11.7 Å². The summed E-state index contributed by atoms with van der Waals surface area (Å²) in [5, 5.41) is 0. The minimum absolute atomic E-state index is 0.325. The Kier molecular flexibility index (Phi) is 3.77. The van der Waals surface area contributed by atoms with Crippen LogP contribution in [0.5, 0.6) is 0 Å². The summed E-state index contributed by atoms with van der Waals surface area (Å²) in [4.78, 5) is 14.8. The average Bonchev–Trinajstić information content (AvgIpc) is 2.14. The van der Waals surface area contributed by atoms with Gasteiger partial charge in [0.2, 0.25) is 0 Å². The molecule has 1 rings (SSSR count). The van der Waals surface area contributed by atoms with Gasteiger partial charge in [0.1, 0.15) is 11.4 Å². The molecule has 0 saturated heterocycles. The highest BCUT2D eigenvalue weighted by Gasteiger charge is 2.14. The molecule has 1 aromatic carbocycles. The highest BCUT2D eigenvalue weighted by Crippen LogP contribution is 2.08. The smallest absolute Gasteiger partial charge is 0.434 e. The fourth-order valence-corrected chi connectivity index (χ4v) is 0.964. The van der Waals surface area contributed by atoms with Crippen molar-refractivity contribution in [2.75, 3.05) is 0 Å². The monoisotopic (exact) mass is 223 g/mol. The van der Waals surface area contributed by atoms with Gasteiger partial charge in [0.05, 0.1) is 0 Å². The standard InChI is InChI=1S/C12H14FNO2/c1-12(2,3)16-11(15)14-8-9-4-6-10(13)7-5-9/h4-8H,1-3H3/b14-8+. The average molecular weight is 223 g/mol. The van der Waals surface area contributed by atoms with E-state index in [1.165, 1.54) is 30.5 Å². The summed E-state index contributed by atoms with van der Waals surface area (Å²) in [7, 11) is 0. The number of benzene rings is 1. The van der Waals surface area contributed by atoms with Crippen LogP contribution in [0.2, 0.25) is 0 Å². The highest BCUT2D eigenvalue weighted by molar-refractivity contribution is 5.88. The van der Waals surface area contributed by atoms with Gasteiger partial charge in [0.15, 0.2) is 0 Å². The zero-order valence-electron chi connectivity index (χ0n) is 9.53. The van der Waals surface area contributed by atoms with Gasteiger partial charge < -0.3 is 4.74 Å². The molecule has 0 spiro atoms. The number of halogens is 1. The van der Waals surface area contributed by atoms with E-state index in [4.69, 9.17) is 4.74 Å². The van der Waals surface area contributed by atoms with Gasteiger partial charge in [-0.1, -0.05) is 12.1 Å². The summed E-state index contributed by atoms with van der Waals surface area (Å²) in [6.45, 7) is 5.29. The lowest BCUT2D eigenvalue weighted by atomic mass is 10.2. The summed E-state index contributed by atoms with van der Waals surface area (Å²) >= 11 is 0. The lowest BCUT2D eigenvalue weighted by Gasteiger charge is -2.16. The maximum Gasteiger partial charge on any atom is 0.434 e. The number of amides is 1. The van der Waals surface area contributed by atoms with Gasteiger partial charge in [-0.3, -0.25) is 0 Å². The molecule has 0 aliphatic rings. The first kappa shape index (κ1) is 12.4. The molecule has 16 heavy (non-hydrogen) atoms. The molecule has 0 fully saturated rings. The molecule has 0 heterocycles. The van der Waals surface area contributed by atoms with E-state index in [1.807, 2.05) is 0 Å². The third kappa shape index (κ3) is 4.68. The molecule has 0 unspecified atom stereocenters. The van der Waals surface area contributed by atoms with Crippen LogP contribution in [-0.4, -0.2) is 17.9 Å². The molecule has 0 bridgehead atoms. The zero-order chi connectivity index (χ0) is 12.2. The van der Waals surface area contributed by atoms with Crippen molar-refractivity contribution in [3.8, 4) is 0 Å². The molecule has 0 saturated carbocycles. The number of hydrogen-bond donors (Lipinski definition) is 0. The van der Waals surface area contributed by atoms with Crippen molar-refractivity contribution in [1.82, 2.24) is 0 Å². The van der Waals surface area contributed by atoms with E-state index in [9.17, 15) is 9.18 Å². The normalized spacial score (nSPS) is 11.8. The van der Waals surface area contributed by atoms with Gasteiger partial charge in [-0.25, -0.2) is 9.18 Å². The van der Waals surface area contributed by atoms with E-state index in [0.717, 1.165) is 0 Å². The molecule has 0 N–H and O–H groups in total. The predicted molar refractivity (Wildman–Crippen MR) is 60.2 cm³/mol. The molecular formula is C12H14FNO2. The van der Waals surface area contributed by atoms with Gasteiger partial charge in [-0.2, -0.15) is 4.99 Å². The molecule has 1 aromatic rings. The Hall–Kier alpha value is -1.71. The molecule has 0 radical (unpaired) electrons. The van der Waals surface area contributed by atoms with E-state index in [1.54, 1.807) is 20.8 Å². The van der Waals surface area contributed by atoms with Crippen molar-refractivity contribution in [2.45, 2.75) is 26.4 Å². The third-order valence-corrected chi connectivity index (χ3v) is 1.58. The Morgan fingerprint density at radius 2 is 1.88 bits per heavy atom. The Morgan fingerprint density at radius 3 is 2.38 bits per heavy atom. The minimum Gasteiger partial charge on any atom is -0.442 e. The Labute approximate surface area is 94.0 Å². The Balaban J connectivity index is 2.60. The number of hydrogen-bond acceptors (Lipinski definition) is 2. The lowest BCUT2D eigenvalue weighted by Crippen LogP contribution is -2.21. The van der Waals surface area contributed by atoms with Crippen molar-refractivity contribution >= 4 is 12.3 Å². The molecular weight excluding hydrogens is 209 g/mol. The molecule has 0 aromatic heterocycles. The van der Waals surface area contributed by atoms with E-state index in [0.29, 0.717) is 5.56 Å². The van der Waals surface area contributed by atoms with E-state index in [2.05, 4.69) is 4.99 Å². The molecule has 86 valence electrons. The largest absolute Gasteiger partial charge is 0.442 e. The summed E-state index contributed by atoms with van der Waals surface area (Å²) in [6.07, 6.45) is 0.685. The Bertz CT molecular complexity index is 390. The van der Waals surface area contributed by atoms with Crippen LogP contribution in [-0.2, 0) is 4.74 Å². The van der Waals surface area contributed by atoms with Crippen LogP contribution in [0.25, 0.3) is 0 Å². The van der Waals surface area contributed by atoms with Gasteiger partial charge in [-0.15, -0.1) is 0 Å². The molecule has 0 atom stereocenters. The molecule has 0 aliphatic heterocycles. The second-order valence-electron chi connectivity index (χ2n) is 4.29. The first-order valence-corrected chi connectivity index (χ1v) is 4.89. The molecule has 1 amide bonds. The van der Waals surface area contributed by atoms with Crippen LogP contribution in [0.3, 0.4) is 0 Å². The number of nitrogens with zero attached hydrogens (tertiary/aromatic N) is 1.